The topological polar surface area (TPSA) is 278 Å². The first-order valence-electron chi connectivity index (χ1n) is 19.0. The molecule has 0 spiro atoms. The quantitative estimate of drug-likeness (QED) is 0.0685. The van der Waals surface area contributed by atoms with Crippen molar-refractivity contribution in [3.05, 3.63) is 0 Å². The average Bonchev–Trinajstić information content (AvgIpc) is 3.06. The highest BCUT2D eigenvalue weighted by Gasteiger charge is 2.35. The lowest BCUT2D eigenvalue weighted by Gasteiger charge is -2.33. The van der Waals surface area contributed by atoms with E-state index in [1.165, 1.54) is 0 Å². The highest BCUT2D eigenvalue weighted by molar-refractivity contribution is 5.85. The Kier molecular flexibility index (Phi) is 19.7. The third-order valence-corrected chi connectivity index (χ3v) is 9.90. The summed E-state index contributed by atoms with van der Waals surface area (Å²) in [4.78, 5) is 88.0. The number of carboxylic acid groups (broad SMARTS) is 2. The van der Waals surface area contributed by atoms with Gasteiger partial charge in [-0.05, 0) is 50.5 Å². The van der Waals surface area contributed by atoms with Crippen LogP contribution in [-0.4, -0.2) is 113 Å². The standard InChI is InChI=1S/C36H63N7O10/c1-20(2)13-23(14-30(45)39-22(16-34(50)51)9-10-33(48)49)40-35(52)25-7-5-6-8-28(25)42-32(47)17-29(21(3)4)43-31(46)15-24(19-44)41-36(53)26-18-38-12-11-27(26)37/h20-29,38,44H,5-19,37H2,1-4H3,(H,39,45)(H,40,52)(H,41,53)(H,42,47)(H,43,46)(H,48,49)(H,50,51)/t22-,23-,24+,25+,26+,27+,28+,29+/m0/s1. The highest BCUT2D eigenvalue weighted by atomic mass is 16.4. The van der Waals surface area contributed by atoms with Crippen LogP contribution < -0.4 is 37.6 Å². The molecule has 8 atom stereocenters. The molecule has 302 valence electrons. The lowest BCUT2D eigenvalue weighted by molar-refractivity contribution is -0.140. The third kappa shape index (κ3) is 17.2. The van der Waals surface area contributed by atoms with Crippen molar-refractivity contribution in [2.75, 3.05) is 19.7 Å². The van der Waals surface area contributed by atoms with E-state index in [2.05, 4.69) is 31.9 Å². The Bertz CT molecular complexity index is 1250. The first-order chi connectivity index (χ1) is 25.0. The first kappa shape index (κ1) is 45.3. The van der Waals surface area contributed by atoms with Gasteiger partial charge in [0.15, 0.2) is 0 Å². The van der Waals surface area contributed by atoms with Crippen LogP contribution in [-0.2, 0) is 33.6 Å². The molecule has 5 amide bonds. The van der Waals surface area contributed by atoms with Gasteiger partial charge in [-0.2, -0.15) is 0 Å². The Morgan fingerprint density at radius 3 is 1.94 bits per heavy atom. The number of rotatable bonds is 22. The monoisotopic (exact) mass is 753 g/mol. The van der Waals surface area contributed by atoms with Crippen molar-refractivity contribution < 1.29 is 48.9 Å². The molecule has 2 aliphatic rings. The molecule has 11 N–H and O–H groups in total. The van der Waals surface area contributed by atoms with Crippen LogP contribution in [0.2, 0.25) is 0 Å². The van der Waals surface area contributed by atoms with Crippen molar-refractivity contribution in [2.45, 2.75) is 141 Å². The van der Waals surface area contributed by atoms with Gasteiger partial charge >= 0.3 is 11.9 Å². The van der Waals surface area contributed by atoms with E-state index >= 15 is 0 Å². The molecule has 1 aliphatic heterocycles. The van der Waals surface area contributed by atoms with Crippen LogP contribution in [0.25, 0.3) is 0 Å². The van der Waals surface area contributed by atoms with E-state index in [1.807, 2.05) is 27.7 Å². The van der Waals surface area contributed by atoms with Gasteiger partial charge in [-0.3, -0.25) is 33.6 Å². The van der Waals surface area contributed by atoms with E-state index in [4.69, 9.17) is 10.8 Å². The van der Waals surface area contributed by atoms with Gasteiger partial charge in [0.1, 0.15) is 0 Å². The number of carbonyl (C=O) groups excluding carboxylic acids is 5. The van der Waals surface area contributed by atoms with E-state index < -0.39 is 78.8 Å². The zero-order valence-corrected chi connectivity index (χ0v) is 31.7. The largest absolute Gasteiger partial charge is 0.481 e. The van der Waals surface area contributed by atoms with Crippen molar-refractivity contribution in [1.82, 2.24) is 31.9 Å². The Hall–Kier alpha value is -3.83. The summed E-state index contributed by atoms with van der Waals surface area (Å²) in [6, 6.07) is -3.62. The second-order valence-corrected chi connectivity index (χ2v) is 15.4. The number of nitrogens with two attached hydrogens (primary N) is 1. The van der Waals surface area contributed by atoms with E-state index in [-0.39, 0.29) is 67.7 Å². The van der Waals surface area contributed by atoms with Crippen molar-refractivity contribution in [2.24, 2.45) is 29.4 Å². The highest BCUT2D eigenvalue weighted by Crippen LogP contribution is 2.26. The number of aliphatic carboxylic acids is 2. The molecule has 1 saturated heterocycles. The number of aliphatic hydroxyl groups is 1. The predicted octanol–water partition coefficient (Wildman–Crippen LogP) is -0.258. The summed E-state index contributed by atoms with van der Waals surface area (Å²) >= 11 is 0. The third-order valence-electron chi connectivity index (χ3n) is 9.90. The number of nitrogens with one attached hydrogen (secondary N) is 6. The molecule has 1 heterocycles. The summed E-state index contributed by atoms with van der Waals surface area (Å²) in [7, 11) is 0. The summed E-state index contributed by atoms with van der Waals surface area (Å²) in [5.74, 6) is -5.26. The minimum atomic E-state index is -1.17. The summed E-state index contributed by atoms with van der Waals surface area (Å²) in [6.07, 6.45) is 2.61. The molecule has 0 bridgehead atoms. The van der Waals surface area contributed by atoms with Gasteiger partial charge in [-0.15, -0.1) is 0 Å². The second-order valence-electron chi connectivity index (χ2n) is 15.4. The molecular weight excluding hydrogens is 690 g/mol. The van der Waals surface area contributed by atoms with Crippen molar-refractivity contribution in [1.29, 1.82) is 0 Å². The SMILES string of the molecule is CC(C)C[C@@H](CC(=O)N[C@@H](CCC(=O)O)CC(=O)O)NC(=O)[C@@H]1CCCC[C@H]1NC(=O)C[C@@H](NC(=O)C[C@H](CO)NC(=O)[C@@H]1CNCC[C@H]1N)C(C)C. The zero-order chi connectivity index (χ0) is 39.7. The van der Waals surface area contributed by atoms with Gasteiger partial charge in [0.25, 0.3) is 0 Å². The number of hydrogen-bond acceptors (Lipinski definition) is 10. The number of carbonyl (C=O) groups is 7. The molecule has 0 aromatic rings. The summed E-state index contributed by atoms with van der Waals surface area (Å²) in [5.41, 5.74) is 6.09. The van der Waals surface area contributed by atoms with Crippen LogP contribution in [0.15, 0.2) is 0 Å². The maximum atomic E-state index is 13.7. The van der Waals surface area contributed by atoms with Crippen molar-refractivity contribution >= 4 is 41.5 Å². The van der Waals surface area contributed by atoms with Crippen LogP contribution in [0.1, 0.15) is 105 Å². The van der Waals surface area contributed by atoms with Crippen LogP contribution in [0.5, 0.6) is 0 Å². The van der Waals surface area contributed by atoms with Gasteiger partial charge in [0, 0.05) is 62.4 Å². The average molecular weight is 754 g/mol. The fraction of sp³-hybridized carbons (Fsp3) is 0.806. The fourth-order valence-corrected chi connectivity index (χ4v) is 6.98. The van der Waals surface area contributed by atoms with Crippen molar-refractivity contribution in [3.8, 4) is 0 Å². The van der Waals surface area contributed by atoms with Crippen LogP contribution >= 0.6 is 0 Å². The predicted molar refractivity (Wildman–Crippen MR) is 195 cm³/mol. The van der Waals surface area contributed by atoms with Gasteiger partial charge < -0.3 is 53.0 Å². The molecular formula is C36H63N7O10. The normalized spacial score (nSPS) is 22.5. The molecule has 17 heteroatoms. The van der Waals surface area contributed by atoms with E-state index in [9.17, 15) is 43.8 Å². The van der Waals surface area contributed by atoms with Crippen LogP contribution in [0, 0.1) is 23.7 Å². The summed E-state index contributed by atoms with van der Waals surface area (Å²) < 4.78 is 0. The molecule has 0 radical (unpaired) electrons. The maximum Gasteiger partial charge on any atom is 0.305 e. The lowest BCUT2D eigenvalue weighted by atomic mass is 9.83. The first-order valence-corrected chi connectivity index (χ1v) is 19.0. The van der Waals surface area contributed by atoms with Gasteiger partial charge in [0.05, 0.1) is 30.9 Å². The van der Waals surface area contributed by atoms with E-state index in [0.717, 1.165) is 12.8 Å². The molecule has 0 aromatic carbocycles. The van der Waals surface area contributed by atoms with Gasteiger partial charge in [0.2, 0.25) is 29.5 Å². The summed E-state index contributed by atoms with van der Waals surface area (Å²) in [5, 5.41) is 45.4. The van der Waals surface area contributed by atoms with Crippen LogP contribution in [0.4, 0.5) is 0 Å². The number of hydrogen-bond donors (Lipinski definition) is 10. The number of amides is 5. The molecule has 2 fully saturated rings. The smallest absolute Gasteiger partial charge is 0.305 e. The lowest BCUT2D eigenvalue weighted by Crippen LogP contribution is -2.54. The molecule has 0 unspecified atom stereocenters. The molecule has 0 aromatic heterocycles. The van der Waals surface area contributed by atoms with Crippen molar-refractivity contribution in [3.63, 3.8) is 0 Å². The Balaban J connectivity index is 1.99. The fourth-order valence-electron chi connectivity index (χ4n) is 6.98. The number of piperidine rings is 1. The number of carboxylic acids is 2. The number of aliphatic hydroxyl groups excluding tert-OH is 1. The van der Waals surface area contributed by atoms with Gasteiger partial charge in [-0.1, -0.05) is 40.5 Å². The Labute approximate surface area is 312 Å². The molecule has 2 rings (SSSR count). The Morgan fingerprint density at radius 1 is 0.717 bits per heavy atom. The molecule has 1 saturated carbocycles. The van der Waals surface area contributed by atoms with E-state index in [1.54, 1.807) is 0 Å². The molecule has 53 heavy (non-hydrogen) atoms. The summed E-state index contributed by atoms with van der Waals surface area (Å²) in [6.45, 7) is 8.28. The zero-order valence-electron chi connectivity index (χ0n) is 31.7. The van der Waals surface area contributed by atoms with E-state index in [0.29, 0.717) is 38.8 Å². The van der Waals surface area contributed by atoms with Gasteiger partial charge in [-0.25, -0.2) is 0 Å². The second kappa shape index (κ2) is 23.1. The van der Waals surface area contributed by atoms with Crippen LogP contribution in [0.3, 0.4) is 0 Å². The molecule has 1 aliphatic carbocycles. The Morgan fingerprint density at radius 2 is 1.34 bits per heavy atom. The molecule has 17 nitrogen and oxygen atoms in total. The minimum absolute atomic E-state index is 0.0468. The maximum absolute atomic E-state index is 13.7. The minimum Gasteiger partial charge on any atom is -0.481 e.